The quantitative estimate of drug-likeness (QED) is 0.686. The van der Waals surface area contributed by atoms with E-state index in [9.17, 15) is 4.79 Å². The topological polar surface area (TPSA) is 76.9 Å². The van der Waals surface area contributed by atoms with Crippen LogP contribution in [-0.2, 0) is 4.79 Å². The number of pyridine rings is 1. The molecule has 1 aromatic carbocycles. The van der Waals surface area contributed by atoms with E-state index in [0.717, 1.165) is 24.9 Å². The first-order valence-corrected chi connectivity index (χ1v) is 9.41. The van der Waals surface area contributed by atoms with Gasteiger partial charge in [-0.3, -0.25) is 4.79 Å². The summed E-state index contributed by atoms with van der Waals surface area (Å²) in [7, 11) is 3.15. The number of aromatic nitrogens is 2. The largest absolute Gasteiger partial charge is 0.496 e. The number of fused-ring (bicyclic) bond motifs is 1. The zero-order chi connectivity index (χ0) is 19.7. The van der Waals surface area contributed by atoms with Crippen LogP contribution in [0.15, 0.2) is 36.7 Å². The van der Waals surface area contributed by atoms with Crippen LogP contribution in [0.25, 0.3) is 16.9 Å². The molecule has 28 heavy (non-hydrogen) atoms. The fraction of sp³-hybridized carbons (Fsp3) is 0.300. The Morgan fingerprint density at radius 1 is 1.29 bits per heavy atom. The van der Waals surface area contributed by atoms with Crippen LogP contribution in [0, 0.1) is 0 Å². The molecule has 146 valence electrons. The van der Waals surface area contributed by atoms with E-state index in [4.69, 9.17) is 21.1 Å². The summed E-state index contributed by atoms with van der Waals surface area (Å²) in [5.74, 6) is 1.14. The summed E-state index contributed by atoms with van der Waals surface area (Å²) < 4.78 is 12.6. The minimum atomic E-state index is -0.128. The molecule has 0 unspecified atom stereocenters. The number of ether oxygens (including phenoxy) is 2. The number of rotatable bonds is 5. The van der Waals surface area contributed by atoms with Crippen LogP contribution in [0.4, 0.5) is 5.69 Å². The molecule has 0 saturated carbocycles. The molecule has 1 aliphatic heterocycles. The van der Waals surface area contributed by atoms with E-state index in [-0.39, 0.29) is 11.9 Å². The van der Waals surface area contributed by atoms with Crippen molar-refractivity contribution in [2.45, 2.75) is 18.9 Å². The number of imidazole rings is 1. The molecule has 3 heterocycles. The number of nitrogens with one attached hydrogen (secondary N) is 2. The standard InChI is InChI=1S/C20H21ClN4O3/c1-27-17-10-18(28-2)14(21)9-13(17)16-11-25-7-5-12(8-19(25)24-16)23-20(26)15-4-3-6-22-15/h5,7-11,15,22H,3-4,6H2,1-2H3,(H,23,26)/t15-/m0/s1. The molecule has 0 bridgehead atoms. The fourth-order valence-electron chi connectivity index (χ4n) is 3.39. The van der Waals surface area contributed by atoms with Crippen molar-refractivity contribution in [2.24, 2.45) is 0 Å². The van der Waals surface area contributed by atoms with Gasteiger partial charge in [-0.2, -0.15) is 0 Å². The first-order valence-electron chi connectivity index (χ1n) is 9.04. The number of benzene rings is 1. The van der Waals surface area contributed by atoms with Gasteiger partial charge < -0.3 is 24.5 Å². The van der Waals surface area contributed by atoms with Crippen molar-refractivity contribution < 1.29 is 14.3 Å². The van der Waals surface area contributed by atoms with Gasteiger partial charge in [-0.05, 0) is 31.5 Å². The highest BCUT2D eigenvalue weighted by atomic mass is 35.5. The molecule has 0 radical (unpaired) electrons. The molecule has 0 aliphatic carbocycles. The Balaban J connectivity index is 1.65. The number of carbonyl (C=O) groups is 1. The third-order valence-electron chi connectivity index (χ3n) is 4.85. The fourth-order valence-corrected chi connectivity index (χ4v) is 3.63. The van der Waals surface area contributed by atoms with Crippen molar-refractivity contribution in [3.63, 3.8) is 0 Å². The molecular weight excluding hydrogens is 380 g/mol. The second-order valence-electron chi connectivity index (χ2n) is 6.63. The summed E-state index contributed by atoms with van der Waals surface area (Å²) in [4.78, 5) is 17.0. The monoisotopic (exact) mass is 400 g/mol. The molecule has 1 atom stereocenters. The third-order valence-corrected chi connectivity index (χ3v) is 5.15. The van der Waals surface area contributed by atoms with Gasteiger partial charge in [0, 0.05) is 35.8 Å². The van der Waals surface area contributed by atoms with Crippen molar-refractivity contribution in [1.29, 1.82) is 0 Å². The Morgan fingerprint density at radius 2 is 2.11 bits per heavy atom. The molecule has 1 amide bonds. The van der Waals surface area contributed by atoms with E-state index < -0.39 is 0 Å². The summed E-state index contributed by atoms with van der Waals surface area (Å²) in [6.45, 7) is 0.882. The van der Waals surface area contributed by atoms with Crippen LogP contribution in [0.5, 0.6) is 11.5 Å². The maximum Gasteiger partial charge on any atom is 0.241 e. The Bertz CT molecular complexity index is 1030. The zero-order valence-electron chi connectivity index (χ0n) is 15.7. The lowest BCUT2D eigenvalue weighted by Crippen LogP contribution is -2.35. The second kappa shape index (κ2) is 7.69. The first kappa shape index (κ1) is 18.6. The van der Waals surface area contributed by atoms with Crippen molar-refractivity contribution in [2.75, 3.05) is 26.1 Å². The number of hydrogen-bond acceptors (Lipinski definition) is 5. The zero-order valence-corrected chi connectivity index (χ0v) is 16.4. The van der Waals surface area contributed by atoms with E-state index in [1.54, 1.807) is 26.4 Å². The first-order chi connectivity index (χ1) is 13.6. The molecule has 1 aliphatic rings. The highest BCUT2D eigenvalue weighted by Gasteiger charge is 2.22. The number of carbonyl (C=O) groups excluding carboxylic acids is 1. The Morgan fingerprint density at radius 3 is 2.82 bits per heavy atom. The molecule has 4 rings (SSSR count). The van der Waals surface area contributed by atoms with E-state index in [1.807, 2.05) is 28.9 Å². The average molecular weight is 401 g/mol. The lowest BCUT2D eigenvalue weighted by atomic mass is 10.1. The SMILES string of the molecule is COc1cc(OC)c(-c2cn3ccc(NC(=O)[C@@H]4CCCN4)cc3n2)cc1Cl. The smallest absolute Gasteiger partial charge is 0.241 e. The van der Waals surface area contributed by atoms with Gasteiger partial charge in [0.2, 0.25) is 5.91 Å². The minimum Gasteiger partial charge on any atom is -0.496 e. The average Bonchev–Trinajstić information content (AvgIpc) is 3.37. The number of nitrogens with zero attached hydrogens (tertiary/aromatic N) is 2. The van der Waals surface area contributed by atoms with Gasteiger partial charge in [-0.15, -0.1) is 0 Å². The van der Waals surface area contributed by atoms with E-state index >= 15 is 0 Å². The number of amides is 1. The number of anilines is 1. The molecule has 8 heteroatoms. The molecule has 7 nitrogen and oxygen atoms in total. The summed E-state index contributed by atoms with van der Waals surface area (Å²) in [6, 6.07) is 7.08. The molecule has 2 aromatic heterocycles. The predicted molar refractivity (Wildman–Crippen MR) is 108 cm³/mol. The number of methoxy groups -OCH3 is 2. The molecule has 3 aromatic rings. The maximum absolute atomic E-state index is 12.3. The number of hydrogen-bond donors (Lipinski definition) is 2. The summed E-state index contributed by atoms with van der Waals surface area (Å²) >= 11 is 6.28. The molecular formula is C20H21ClN4O3. The van der Waals surface area contributed by atoms with Crippen LogP contribution in [0.1, 0.15) is 12.8 Å². The molecule has 1 fully saturated rings. The van der Waals surface area contributed by atoms with Gasteiger partial charge in [0.1, 0.15) is 17.1 Å². The third kappa shape index (κ3) is 3.50. The molecule has 2 N–H and O–H groups in total. The normalized spacial score (nSPS) is 16.3. The van der Waals surface area contributed by atoms with Crippen LogP contribution in [0.2, 0.25) is 5.02 Å². The minimum absolute atomic E-state index is 0.0164. The Hall–Kier alpha value is -2.77. The van der Waals surface area contributed by atoms with Crippen molar-refractivity contribution >= 4 is 28.8 Å². The Labute approximate surface area is 167 Å². The molecule has 1 saturated heterocycles. The van der Waals surface area contributed by atoms with E-state index in [2.05, 4.69) is 15.6 Å². The lowest BCUT2D eigenvalue weighted by molar-refractivity contribution is -0.117. The summed E-state index contributed by atoms with van der Waals surface area (Å²) in [5.41, 5.74) is 2.89. The Kier molecular flexibility index (Phi) is 5.11. The van der Waals surface area contributed by atoms with Crippen molar-refractivity contribution in [1.82, 2.24) is 14.7 Å². The predicted octanol–water partition coefficient (Wildman–Crippen LogP) is 3.36. The van der Waals surface area contributed by atoms with Gasteiger partial charge in [-0.1, -0.05) is 11.6 Å². The maximum atomic E-state index is 12.3. The van der Waals surface area contributed by atoms with Gasteiger partial charge in [0.25, 0.3) is 0 Å². The van der Waals surface area contributed by atoms with Gasteiger partial charge in [-0.25, -0.2) is 4.98 Å². The number of halogens is 1. The second-order valence-corrected chi connectivity index (χ2v) is 7.04. The van der Waals surface area contributed by atoms with Gasteiger partial charge in [0.15, 0.2) is 0 Å². The molecule has 0 spiro atoms. The van der Waals surface area contributed by atoms with Gasteiger partial charge in [0.05, 0.1) is 31.0 Å². The highest BCUT2D eigenvalue weighted by Crippen LogP contribution is 2.38. The van der Waals surface area contributed by atoms with Crippen LogP contribution in [0.3, 0.4) is 0 Å². The summed E-state index contributed by atoms with van der Waals surface area (Å²) in [5, 5.41) is 6.63. The van der Waals surface area contributed by atoms with Crippen LogP contribution >= 0.6 is 11.6 Å². The van der Waals surface area contributed by atoms with E-state index in [1.165, 1.54) is 0 Å². The van der Waals surface area contributed by atoms with Crippen LogP contribution in [-0.4, -0.2) is 42.1 Å². The van der Waals surface area contributed by atoms with Crippen LogP contribution < -0.4 is 20.1 Å². The van der Waals surface area contributed by atoms with Gasteiger partial charge >= 0.3 is 0 Å². The summed E-state index contributed by atoms with van der Waals surface area (Å²) in [6.07, 6.45) is 5.63. The lowest BCUT2D eigenvalue weighted by Gasteiger charge is -2.11. The highest BCUT2D eigenvalue weighted by molar-refractivity contribution is 6.32. The van der Waals surface area contributed by atoms with Crippen molar-refractivity contribution in [3.05, 3.63) is 41.7 Å². The van der Waals surface area contributed by atoms with Crippen molar-refractivity contribution in [3.8, 4) is 22.8 Å². The van der Waals surface area contributed by atoms with E-state index in [0.29, 0.717) is 33.6 Å².